The molecular weight excluding hydrogens is 448 g/mol. The van der Waals surface area contributed by atoms with E-state index in [2.05, 4.69) is 15.9 Å². The van der Waals surface area contributed by atoms with Crippen LogP contribution in [0.4, 0.5) is 0 Å². The summed E-state index contributed by atoms with van der Waals surface area (Å²) in [5.41, 5.74) is 3.24. The molecule has 3 aromatic rings. The van der Waals surface area contributed by atoms with Crippen LogP contribution in [-0.4, -0.2) is 12.6 Å². The summed E-state index contributed by atoms with van der Waals surface area (Å²) in [5.74, 6) is 2.66. The monoisotopic (exact) mass is 464 g/mol. The molecule has 0 bridgehead atoms. The molecule has 0 amide bonds. The number of fused-ring (bicyclic) bond motifs is 2. The second kappa shape index (κ2) is 7.54. The van der Waals surface area contributed by atoms with Crippen LogP contribution in [0.15, 0.2) is 64.8 Å². The number of ether oxygens (including phenoxy) is 4. The predicted octanol–water partition coefficient (Wildman–Crippen LogP) is 5.68. The van der Waals surface area contributed by atoms with Gasteiger partial charge in [0.2, 0.25) is 12.6 Å². The lowest BCUT2D eigenvalue weighted by atomic mass is 10.0. The summed E-state index contributed by atoms with van der Waals surface area (Å²) < 4.78 is 23.6. The Morgan fingerprint density at radius 2 is 1.80 bits per heavy atom. The molecule has 6 heteroatoms. The molecule has 0 saturated heterocycles. The number of Topliss-reactive ketones (excluding diaryl/α,β-unsaturated/α-hetero) is 1. The van der Waals surface area contributed by atoms with Gasteiger partial charge in [0.05, 0.1) is 5.56 Å². The summed E-state index contributed by atoms with van der Waals surface area (Å²) in [7, 11) is 0. The molecule has 0 spiro atoms. The van der Waals surface area contributed by atoms with E-state index in [1.807, 2.05) is 55.5 Å². The minimum absolute atomic E-state index is 0.139. The zero-order valence-corrected chi connectivity index (χ0v) is 17.7. The Morgan fingerprint density at radius 1 is 1.00 bits per heavy atom. The number of carbonyl (C=O) groups is 1. The van der Waals surface area contributed by atoms with Crippen LogP contribution in [0.1, 0.15) is 27.0 Å². The number of rotatable bonds is 4. The second-order valence-corrected chi connectivity index (χ2v) is 8.00. The van der Waals surface area contributed by atoms with E-state index < -0.39 is 0 Å². The maximum absolute atomic E-state index is 12.9. The van der Waals surface area contributed by atoms with Gasteiger partial charge >= 0.3 is 0 Å². The van der Waals surface area contributed by atoms with Gasteiger partial charge < -0.3 is 18.9 Å². The number of benzene rings is 3. The Balaban J connectivity index is 1.37. The molecule has 0 atom stereocenters. The molecule has 0 aliphatic carbocycles. The van der Waals surface area contributed by atoms with Crippen LogP contribution in [0.2, 0.25) is 0 Å². The van der Waals surface area contributed by atoms with Crippen molar-refractivity contribution in [3.05, 3.63) is 87.1 Å². The highest BCUT2D eigenvalue weighted by Crippen LogP contribution is 2.39. The van der Waals surface area contributed by atoms with E-state index >= 15 is 0 Å². The van der Waals surface area contributed by atoms with Gasteiger partial charge in [-0.25, -0.2) is 0 Å². The SMILES string of the molecule is Cc1cc(OCc2ccc(Br)cc2)cc2c1C(=O)/C(=C/c1ccc3c(c1)OCO3)O2. The molecule has 0 N–H and O–H groups in total. The third-order valence-corrected chi connectivity index (χ3v) is 5.49. The molecule has 0 fully saturated rings. The Labute approximate surface area is 182 Å². The summed E-state index contributed by atoms with van der Waals surface area (Å²) >= 11 is 3.43. The Morgan fingerprint density at radius 3 is 2.63 bits per heavy atom. The summed E-state index contributed by atoms with van der Waals surface area (Å²) in [6.45, 7) is 2.52. The van der Waals surface area contributed by atoms with Crippen LogP contribution in [0.25, 0.3) is 6.08 Å². The van der Waals surface area contributed by atoms with Gasteiger partial charge in [0.25, 0.3) is 0 Å². The fourth-order valence-corrected chi connectivity index (χ4v) is 3.73. The maximum atomic E-state index is 12.9. The van der Waals surface area contributed by atoms with Crippen LogP contribution in [0.3, 0.4) is 0 Å². The number of halogens is 1. The predicted molar refractivity (Wildman–Crippen MR) is 115 cm³/mol. The van der Waals surface area contributed by atoms with Gasteiger partial charge in [0, 0.05) is 10.5 Å². The smallest absolute Gasteiger partial charge is 0.232 e. The molecule has 3 aromatic carbocycles. The average Bonchev–Trinajstić information content (AvgIpc) is 3.32. The highest BCUT2D eigenvalue weighted by atomic mass is 79.9. The molecule has 2 aliphatic rings. The maximum Gasteiger partial charge on any atom is 0.232 e. The van der Waals surface area contributed by atoms with E-state index in [9.17, 15) is 4.79 Å². The van der Waals surface area contributed by atoms with Crippen molar-refractivity contribution in [1.82, 2.24) is 0 Å². The Hall–Kier alpha value is -3.25. The van der Waals surface area contributed by atoms with E-state index in [-0.39, 0.29) is 18.3 Å². The lowest BCUT2D eigenvalue weighted by Gasteiger charge is -2.09. The van der Waals surface area contributed by atoms with E-state index in [0.29, 0.717) is 35.2 Å². The van der Waals surface area contributed by atoms with Crippen LogP contribution < -0.4 is 18.9 Å². The summed E-state index contributed by atoms with van der Waals surface area (Å²) in [6.07, 6.45) is 1.71. The first-order chi connectivity index (χ1) is 14.6. The molecule has 2 aliphatic heterocycles. The summed E-state index contributed by atoms with van der Waals surface area (Å²) in [6, 6.07) is 17.1. The van der Waals surface area contributed by atoms with Crippen LogP contribution >= 0.6 is 15.9 Å². The number of hydrogen-bond acceptors (Lipinski definition) is 5. The minimum atomic E-state index is -0.139. The van der Waals surface area contributed by atoms with Crippen molar-refractivity contribution in [1.29, 1.82) is 0 Å². The molecule has 0 aromatic heterocycles. The second-order valence-electron chi connectivity index (χ2n) is 7.08. The number of hydrogen-bond donors (Lipinski definition) is 0. The van der Waals surface area contributed by atoms with E-state index in [0.717, 1.165) is 21.2 Å². The zero-order valence-electron chi connectivity index (χ0n) is 16.1. The normalized spacial score (nSPS) is 15.3. The lowest BCUT2D eigenvalue weighted by molar-refractivity contribution is 0.101. The fourth-order valence-electron chi connectivity index (χ4n) is 3.46. The summed E-state index contributed by atoms with van der Waals surface area (Å²) in [4.78, 5) is 12.9. The Bertz CT molecular complexity index is 1180. The van der Waals surface area contributed by atoms with Crippen molar-refractivity contribution in [2.45, 2.75) is 13.5 Å². The largest absolute Gasteiger partial charge is 0.489 e. The molecule has 0 saturated carbocycles. The number of allylic oxidation sites excluding steroid dienone is 1. The topological polar surface area (TPSA) is 54.0 Å². The van der Waals surface area contributed by atoms with Crippen molar-refractivity contribution in [2.75, 3.05) is 6.79 Å². The van der Waals surface area contributed by atoms with E-state index in [1.54, 1.807) is 12.1 Å². The molecule has 0 unspecified atom stereocenters. The average molecular weight is 465 g/mol. The standard InChI is InChI=1S/C24H17BrO5/c1-14-8-18(27-12-15-2-5-17(25)6-3-15)11-21-23(14)24(26)22(30-21)10-16-4-7-19-20(9-16)29-13-28-19/h2-11H,12-13H2,1H3/b22-10-. The molecule has 5 rings (SSSR count). The molecule has 30 heavy (non-hydrogen) atoms. The van der Waals surface area contributed by atoms with E-state index in [4.69, 9.17) is 18.9 Å². The van der Waals surface area contributed by atoms with Gasteiger partial charge in [-0.3, -0.25) is 4.79 Å². The molecular formula is C24H17BrO5. The van der Waals surface area contributed by atoms with Crippen molar-refractivity contribution < 1.29 is 23.7 Å². The quantitative estimate of drug-likeness (QED) is 0.464. The first-order valence-corrected chi connectivity index (χ1v) is 10.2. The van der Waals surface area contributed by atoms with Crippen LogP contribution in [-0.2, 0) is 6.61 Å². The number of ketones is 1. The van der Waals surface area contributed by atoms with E-state index in [1.165, 1.54) is 0 Å². The minimum Gasteiger partial charge on any atom is -0.489 e. The van der Waals surface area contributed by atoms with Crippen molar-refractivity contribution in [3.8, 4) is 23.0 Å². The number of aryl methyl sites for hydroxylation is 1. The third kappa shape index (κ3) is 3.55. The van der Waals surface area contributed by atoms with Gasteiger partial charge in [0.15, 0.2) is 17.3 Å². The first kappa shape index (κ1) is 18.8. The van der Waals surface area contributed by atoms with Gasteiger partial charge in [-0.2, -0.15) is 0 Å². The fraction of sp³-hybridized carbons (Fsp3) is 0.125. The molecule has 0 radical (unpaired) electrons. The molecule has 150 valence electrons. The highest BCUT2D eigenvalue weighted by molar-refractivity contribution is 9.10. The summed E-state index contributed by atoms with van der Waals surface area (Å²) in [5, 5.41) is 0. The van der Waals surface area contributed by atoms with Gasteiger partial charge in [-0.1, -0.05) is 34.1 Å². The van der Waals surface area contributed by atoms with Crippen molar-refractivity contribution in [2.24, 2.45) is 0 Å². The highest BCUT2D eigenvalue weighted by Gasteiger charge is 2.30. The van der Waals surface area contributed by atoms with Crippen LogP contribution in [0, 0.1) is 6.92 Å². The van der Waals surface area contributed by atoms with Gasteiger partial charge in [-0.15, -0.1) is 0 Å². The number of carbonyl (C=O) groups excluding carboxylic acids is 1. The zero-order chi connectivity index (χ0) is 20.7. The van der Waals surface area contributed by atoms with Crippen molar-refractivity contribution in [3.63, 3.8) is 0 Å². The van der Waals surface area contributed by atoms with Gasteiger partial charge in [0.1, 0.15) is 18.1 Å². The Kier molecular flexibility index (Phi) is 4.71. The first-order valence-electron chi connectivity index (χ1n) is 9.42. The van der Waals surface area contributed by atoms with Gasteiger partial charge in [-0.05, 0) is 60.0 Å². The molecule has 5 nitrogen and oxygen atoms in total. The lowest BCUT2D eigenvalue weighted by Crippen LogP contribution is -2.00. The third-order valence-electron chi connectivity index (χ3n) is 4.96. The van der Waals surface area contributed by atoms with Crippen molar-refractivity contribution >= 4 is 27.8 Å². The molecule has 2 heterocycles. The van der Waals surface area contributed by atoms with Crippen LogP contribution in [0.5, 0.6) is 23.0 Å².